The van der Waals surface area contributed by atoms with Crippen molar-refractivity contribution in [3.8, 4) is 0 Å². The molecule has 2 N–H and O–H groups in total. The van der Waals surface area contributed by atoms with E-state index in [-0.39, 0.29) is 5.95 Å². The summed E-state index contributed by atoms with van der Waals surface area (Å²) in [6, 6.07) is 0. The molecular weight excluding hydrogens is 170 g/mol. The fourth-order valence-electron chi connectivity index (χ4n) is 0.579. The molecular formula is C4H7N3O3S. The van der Waals surface area contributed by atoms with Gasteiger partial charge in [0.05, 0.1) is 0 Å². The van der Waals surface area contributed by atoms with Crippen LogP contribution in [-0.4, -0.2) is 22.5 Å². The SMILES string of the molecule is Cn1ccnc1NS(=O)(=O)O. The molecule has 62 valence electrons. The number of nitrogens with zero attached hydrogens (tertiary/aromatic N) is 2. The molecule has 0 radical (unpaired) electrons. The lowest BCUT2D eigenvalue weighted by Gasteiger charge is -1.99. The smallest absolute Gasteiger partial charge is 0.320 e. The lowest BCUT2D eigenvalue weighted by atomic mass is 10.9. The van der Waals surface area contributed by atoms with Gasteiger partial charge in [0.15, 0.2) is 0 Å². The summed E-state index contributed by atoms with van der Waals surface area (Å²) < 4.78 is 32.0. The van der Waals surface area contributed by atoms with Crippen LogP contribution in [0, 0.1) is 0 Å². The van der Waals surface area contributed by atoms with E-state index >= 15 is 0 Å². The minimum atomic E-state index is -4.20. The fraction of sp³-hybridized carbons (Fsp3) is 0.250. The number of anilines is 1. The molecule has 0 amide bonds. The van der Waals surface area contributed by atoms with Crippen LogP contribution in [0.15, 0.2) is 12.4 Å². The predicted molar refractivity (Wildman–Crippen MR) is 38.4 cm³/mol. The van der Waals surface area contributed by atoms with E-state index in [1.165, 1.54) is 10.8 Å². The first-order valence-corrected chi connectivity index (χ1v) is 4.15. The maximum Gasteiger partial charge on any atom is 0.359 e. The van der Waals surface area contributed by atoms with Crippen LogP contribution >= 0.6 is 0 Å². The van der Waals surface area contributed by atoms with Gasteiger partial charge in [-0.3, -0.25) is 4.55 Å². The van der Waals surface area contributed by atoms with Crippen LogP contribution in [0.4, 0.5) is 5.95 Å². The summed E-state index contributed by atoms with van der Waals surface area (Å²) in [7, 11) is -2.61. The summed E-state index contributed by atoms with van der Waals surface area (Å²) in [6.45, 7) is 0. The van der Waals surface area contributed by atoms with Gasteiger partial charge >= 0.3 is 10.3 Å². The molecule has 11 heavy (non-hydrogen) atoms. The van der Waals surface area contributed by atoms with E-state index in [9.17, 15) is 8.42 Å². The van der Waals surface area contributed by atoms with Gasteiger partial charge in [0.25, 0.3) is 0 Å². The second-order valence-corrected chi connectivity index (χ2v) is 3.09. The predicted octanol–water partition coefficient (Wildman–Crippen LogP) is -0.365. The van der Waals surface area contributed by atoms with Gasteiger partial charge in [-0.1, -0.05) is 0 Å². The molecule has 0 saturated carbocycles. The molecule has 0 unspecified atom stereocenters. The summed E-state index contributed by atoms with van der Waals surface area (Å²) in [5, 5.41) is 0. The van der Waals surface area contributed by atoms with Crippen molar-refractivity contribution < 1.29 is 13.0 Å². The van der Waals surface area contributed by atoms with Gasteiger partial charge in [-0.2, -0.15) is 8.42 Å². The minimum absolute atomic E-state index is 0.0764. The normalized spacial score (nSPS) is 11.5. The Morgan fingerprint density at radius 2 is 2.36 bits per heavy atom. The van der Waals surface area contributed by atoms with E-state index in [2.05, 4.69) is 4.98 Å². The van der Waals surface area contributed by atoms with Crippen LogP contribution in [-0.2, 0) is 17.4 Å². The minimum Gasteiger partial charge on any atom is -0.320 e. The maximum absolute atomic E-state index is 10.2. The Hall–Kier alpha value is -1.08. The summed E-state index contributed by atoms with van der Waals surface area (Å²) in [5.41, 5.74) is 0. The van der Waals surface area contributed by atoms with Crippen molar-refractivity contribution in [2.75, 3.05) is 4.72 Å². The highest BCUT2D eigenvalue weighted by Crippen LogP contribution is 2.01. The topological polar surface area (TPSA) is 84.2 Å². The molecule has 7 heteroatoms. The van der Waals surface area contributed by atoms with Crippen molar-refractivity contribution in [2.45, 2.75) is 0 Å². The second kappa shape index (κ2) is 2.51. The number of aryl methyl sites for hydroxylation is 1. The molecule has 0 fully saturated rings. The summed E-state index contributed by atoms with van der Waals surface area (Å²) >= 11 is 0. The number of nitrogens with one attached hydrogen (secondary N) is 1. The number of rotatable bonds is 2. The zero-order valence-electron chi connectivity index (χ0n) is 5.72. The van der Waals surface area contributed by atoms with Crippen LogP contribution in [0.5, 0.6) is 0 Å². The average Bonchev–Trinajstić information content (AvgIpc) is 2.12. The highest BCUT2D eigenvalue weighted by molar-refractivity contribution is 7.87. The van der Waals surface area contributed by atoms with E-state index in [0.29, 0.717) is 0 Å². The molecule has 0 aromatic carbocycles. The van der Waals surface area contributed by atoms with Gasteiger partial charge in [-0.15, -0.1) is 0 Å². The van der Waals surface area contributed by atoms with Crippen LogP contribution in [0.1, 0.15) is 0 Å². The Morgan fingerprint density at radius 1 is 1.73 bits per heavy atom. The monoisotopic (exact) mass is 177 g/mol. The van der Waals surface area contributed by atoms with E-state index < -0.39 is 10.3 Å². The van der Waals surface area contributed by atoms with Crippen LogP contribution in [0.3, 0.4) is 0 Å². The molecule has 0 saturated heterocycles. The highest BCUT2D eigenvalue weighted by Gasteiger charge is 2.06. The van der Waals surface area contributed by atoms with E-state index in [1.807, 2.05) is 4.72 Å². The van der Waals surface area contributed by atoms with Crippen molar-refractivity contribution in [3.63, 3.8) is 0 Å². The Balaban J connectivity index is 2.89. The zero-order valence-corrected chi connectivity index (χ0v) is 6.54. The molecule has 0 spiro atoms. The first-order chi connectivity index (χ1) is 4.99. The highest BCUT2D eigenvalue weighted by atomic mass is 32.2. The van der Waals surface area contributed by atoms with Crippen molar-refractivity contribution in [3.05, 3.63) is 12.4 Å². The van der Waals surface area contributed by atoms with Crippen molar-refractivity contribution in [1.29, 1.82) is 0 Å². The van der Waals surface area contributed by atoms with Gasteiger partial charge in [0.1, 0.15) is 0 Å². The van der Waals surface area contributed by atoms with Gasteiger partial charge in [-0.25, -0.2) is 9.71 Å². The second-order valence-electron chi connectivity index (χ2n) is 1.94. The number of hydrogen-bond acceptors (Lipinski definition) is 3. The fourth-order valence-corrected chi connectivity index (χ4v) is 1.01. The average molecular weight is 177 g/mol. The van der Waals surface area contributed by atoms with Crippen LogP contribution < -0.4 is 4.72 Å². The standard InChI is InChI=1S/C4H7N3O3S/c1-7-3-2-5-4(7)6-11(8,9)10/h2-3H,1H3,(H,5,6)(H,8,9,10). The third-order valence-corrected chi connectivity index (χ3v) is 1.48. The van der Waals surface area contributed by atoms with Crippen LogP contribution in [0.25, 0.3) is 0 Å². The van der Waals surface area contributed by atoms with Gasteiger partial charge in [0.2, 0.25) is 5.95 Å². The quantitative estimate of drug-likeness (QED) is 0.604. The first-order valence-electron chi connectivity index (χ1n) is 2.71. The summed E-state index contributed by atoms with van der Waals surface area (Å²) in [5.74, 6) is 0.0764. The lowest BCUT2D eigenvalue weighted by Crippen LogP contribution is -2.13. The number of aromatic nitrogens is 2. The molecule has 0 atom stereocenters. The Morgan fingerprint density at radius 3 is 2.73 bits per heavy atom. The lowest BCUT2D eigenvalue weighted by molar-refractivity contribution is 0.489. The third kappa shape index (κ3) is 2.20. The van der Waals surface area contributed by atoms with E-state index in [1.54, 1.807) is 13.2 Å². The van der Waals surface area contributed by atoms with Crippen molar-refractivity contribution in [1.82, 2.24) is 9.55 Å². The third-order valence-electron chi connectivity index (χ3n) is 1.04. The molecule has 1 aromatic heterocycles. The van der Waals surface area contributed by atoms with E-state index in [0.717, 1.165) is 0 Å². The Kier molecular flexibility index (Phi) is 1.83. The van der Waals surface area contributed by atoms with Crippen molar-refractivity contribution >= 4 is 16.3 Å². The molecule has 1 aromatic rings. The van der Waals surface area contributed by atoms with Crippen molar-refractivity contribution in [2.24, 2.45) is 7.05 Å². The number of hydrogen-bond donors (Lipinski definition) is 2. The largest absolute Gasteiger partial charge is 0.359 e. The molecule has 0 aliphatic carbocycles. The molecule has 0 aliphatic rings. The van der Waals surface area contributed by atoms with E-state index in [4.69, 9.17) is 4.55 Å². The Bertz CT molecular complexity index is 341. The Labute approximate surface area is 63.7 Å². The summed E-state index contributed by atoms with van der Waals surface area (Å²) in [4.78, 5) is 3.61. The molecule has 1 heterocycles. The maximum atomic E-state index is 10.2. The molecule has 0 aliphatic heterocycles. The molecule has 1 rings (SSSR count). The van der Waals surface area contributed by atoms with Gasteiger partial charge in [0, 0.05) is 19.4 Å². The molecule has 0 bridgehead atoms. The van der Waals surface area contributed by atoms with Gasteiger partial charge < -0.3 is 4.57 Å². The summed E-state index contributed by atoms with van der Waals surface area (Å²) in [6.07, 6.45) is 2.96. The number of imidazole rings is 1. The molecule has 6 nitrogen and oxygen atoms in total. The zero-order chi connectivity index (χ0) is 8.48. The first kappa shape index (κ1) is 8.02. The van der Waals surface area contributed by atoms with Crippen LogP contribution in [0.2, 0.25) is 0 Å². The van der Waals surface area contributed by atoms with Gasteiger partial charge in [-0.05, 0) is 0 Å².